The molecule has 0 aromatic heterocycles. The molecule has 0 aromatic carbocycles. The highest BCUT2D eigenvalue weighted by Crippen LogP contribution is 2.31. The topological polar surface area (TPSA) is 74.6 Å². The third-order valence-electron chi connectivity index (χ3n) is 5.18. The first-order valence-corrected chi connectivity index (χ1v) is 9.87. The summed E-state index contributed by atoms with van der Waals surface area (Å²) in [6, 6.07) is 0. The van der Waals surface area contributed by atoms with Gasteiger partial charge in [0.2, 0.25) is 0 Å². The largest absolute Gasteiger partial charge is 0.481 e. The molecule has 1 aliphatic rings. The molecule has 1 rings (SSSR count). The molecule has 1 unspecified atom stereocenters. The number of carbonyl (C=O) groups is 2. The third kappa shape index (κ3) is 7.69. The maximum absolute atomic E-state index is 11.8. The van der Waals surface area contributed by atoms with Gasteiger partial charge in [0.1, 0.15) is 11.4 Å². The van der Waals surface area contributed by atoms with Gasteiger partial charge >= 0.3 is 5.97 Å². The van der Waals surface area contributed by atoms with Gasteiger partial charge in [-0.25, -0.2) is 0 Å². The molecule has 0 heterocycles. The highest BCUT2D eigenvalue weighted by atomic mass is 16.4. The summed E-state index contributed by atoms with van der Waals surface area (Å²) in [6.45, 7) is 5.85. The van der Waals surface area contributed by atoms with Gasteiger partial charge in [-0.3, -0.25) is 9.59 Å². The highest BCUT2D eigenvalue weighted by Gasteiger charge is 2.35. The van der Waals surface area contributed by atoms with Crippen LogP contribution in [0.4, 0.5) is 0 Å². The molecule has 0 amide bonds. The van der Waals surface area contributed by atoms with Crippen LogP contribution < -0.4 is 0 Å². The van der Waals surface area contributed by atoms with Crippen LogP contribution in [0.1, 0.15) is 71.1 Å². The lowest BCUT2D eigenvalue weighted by Crippen LogP contribution is -2.26. The minimum absolute atomic E-state index is 0.107. The van der Waals surface area contributed by atoms with Crippen LogP contribution in [0.25, 0.3) is 0 Å². The van der Waals surface area contributed by atoms with E-state index < -0.39 is 17.5 Å². The molecule has 4 nitrogen and oxygen atoms in total. The summed E-state index contributed by atoms with van der Waals surface area (Å²) in [5, 5.41) is 19.8. The molecular weight excluding hydrogens is 328 g/mol. The molecule has 1 aliphatic carbocycles. The first-order valence-electron chi connectivity index (χ1n) is 9.87. The molecular formula is C22H34O4. The van der Waals surface area contributed by atoms with Crippen molar-refractivity contribution in [1.82, 2.24) is 0 Å². The van der Waals surface area contributed by atoms with Gasteiger partial charge in [0.25, 0.3) is 0 Å². The molecule has 1 fully saturated rings. The van der Waals surface area contributed by atoms with E-state index in [1.54, 1.807) is 12.2 Å². The molecule has 3 atom stereocenters. The molecule has 0 aliphatic heterocycles. The molecule has 0 saturated heterocycles. The number of aliphatic hydroxyl groups is 1. The number of allylic oxidation sites excluding steroid dienone is 3. The Hall–Kier alpha value is -1.68. The Morgan fingerprint density at radius 3 is 2.69 bits per heavy atom. The Kier molecular flexibility index (Phi) is 10.2. The van der Waals surface area contributed by atoms with E-state index in [2.05, 4.69) is 13.5 Å². The summed E-state index contributed by atoms with van der Waals surface area (Å²) in [4.78, 5) is 23.2. The van der Waals surface area contributed by atoms with Crippen molar-refractivity contribution in [3.8, 4) is 0 Å². The second kappa shape index (κ2) is 11.8. The zero-order chi connectivity index (χ0) is 19.4. The number of ketones is 1. The summed E-state index contributed by atoms with van der Waals surface area (Å²) < 4.78 is 0. The number of hydrogen-bond acceptors (Lipinski definition) is 3. The van der Waals surface area contributed by atoms with Crippen LogP contribution in [-0.2, 0) is 9.59 Å². The van der Waals surface area contributed by atoms with Crippen molar-refractivity contribution < 1.29 is 19.8 Å². The molecule has 0 aromatic rings. The van der Waals surface area contributed by atoms with E-state index in [0.717, 1.165) is 25.7 Å². The fourth-order valence-corrected chi connectivity index (χ4v) is 3.52. The summed E-state index contributed by atoms with van der Waals surface area (Å²) in [5.41, 5.74) is -0.944. The van der Waals surface area contributed by atoms with Gasteiger partial charge in [-0.05, 0) is 44.9 Å². The molecule has 4 heteroatoms. The van der Waals surface area contributed by atoms with Crippen molar-refractivity contribution in [2.45, 2.75) is 76.7 Å². The van der Waals surface area contributed by atoms with Crippen molar-refractivity contribution in [1.29, 1.82) is 0 Å². The molecule has 0 bridgehead atoms. The number of rotatable bonds is 13. The van der Waals surface area contributed by atoms with Gasteiger partial charge in [-0.1, -0.05) is 56.7 Å². The number of hydrogen-bond donors (Lipinski definition) is 2. The van der Waals surface area contributed by atoms with E-state index in [9.17, 15) is 19.8 Å². The highest BCUT2D eigenvalue weighted by molar-refractivity contribution is 5.87. The van der Waals surface area contributed by atoms with Gasteiger partial charge in [-0.2, -0.15) is 0 Å². The standard InChI is InChI=1S/C22H34O4/c1-3-5-10-16-22(26,4-2)17-11-8-6-7-9-13-19(21(24)25)18-14-12-15-20(18)23/h4,6-7,11,17-19,26H,2-3,5,8-10,12-16H2,1H3,(H,24,25)/b7-6+,17-11-/t18-,19+,22?/m1/s1. The predicted octanol–water partition coefficient (Wildman–Crippen LogP) is 4.84. The number of carboxylic acid groups (broad SMARTS) is 1. The van der Waals surface area contributed by atoms with E-state index in [-0.39, 0.29) is 11.7 Å². The molecule has 0 radical (unpaired) electrons. The lowest BCUT2D eigenvalue weighted by molar-refractivity contribution is -0.146. The van der Waals surface area contributed by atoms with Crippen LogP contribution in [0.2, 0.25) is 0 Å². The van der Waals surface area contributed by atoms with Crippen molar-refractivity contribution in [3.05, 3.63) is 37.0 Å². The van der Waals surface area contributed by atoms with E-state index >= 15 is 0 Å². The molecule has 1 saturated carbocycles. The average Bonchev–Trinajstić information content (AvgIpc) is 3.03. The zero-order valence-corrected chi connectivity index (χ0v) is 16.0. The maximum atomic E-state index is 11.8. The summed E-state index contributed by atoms with van der Waals surface area (Å²) in [7, 11) is 0. The normalized spacial score (nSPS) is 21.3. The van der Waals surface area contributed by atoms with Gasteiger partial charge in [0, 0.05) is 12.3 Å². The van der Waals surface area contributed by atoms with Crippen molar-refractivity contribution in [2.24, 2.45) is 11.8 Å². The Morgan fingerprint density at radius 2 is 2.12 bits per heavy atom. The van der Waals surface area contributed by atoms with Crippen molar-refractivity contribution in [2.75, 3.05) is 0 Å². The van der Waals surface area contributed by atoms with Crippen LogP contribution in [0.15, 0.2) is 37.0 Å². The Labute approximate surface area is 157 Å². The van der Waals surface area contributed by atoms with Crippen LogP contribution in [0, 0.1) is 11.8 Å². The zero-order valence-electron chi connectivity index (χ0n) is 16.0. The lowest BCUT2D eigenvalue weighted by Gasteiger charge is -2.19. The Balaban J connectivity index is 2.37. The SMILES string of the molecule is C=CC(O)(/C=C\C/C=C/CC[C@H](C(=O)O)[C@H]1CCCC1=O)CCCCC. The molecule has 146 valence electrons. The Bertz CT molecular complexity index is 520. The van der Waals surface area contributed by atoms with Crippen LogP contribution in [0.5, 0.6) is 0 Å². The fraction of sp³-hybridized carbons (Fsp3) is 0.636. The summed E-state index contributed by atoms with van der Waals surface area (Å²) in [5.74, 6) is -1.61. The van der Waals surface area contributed by atoms with E-state index in [4.69, 9.17) is 0 Å². The third-order valence-corrected chi connectivity index (χ3v) is 5.18. The van der Waals surface area contributed by atoms with Gasteiger partial charge < -0.3 is 10.2 Å². The second-order valence-electron chi connectivity index (χ2n) is 7.25. The van der Waals surface area contributed by atoms with Crippen molar-refractivity contribution >= 4 is 11.8 Å². The van der Waals surface area contributed by atoms with Crippen LogP contribution >= 0.6 is 0 Å². The lowest BCUT2D eigenvalue weighted by atomic mass is 9.86. The van der Waals surface area contributed by atoms with Crippen LogP contribution in [0.3, 0.4) is 0 Å². The predicted molar refractivity (Wildman–Crippen MR) is 105 cm³/mol. The van der Waals surface area contributed by atoms with Gasteiger partial charge in [0.05, 0.1) is 5.92 Å². The van der Waals surface area contributed by atoms with Crippen LogP contribution in [-0.4, -0.2) is 27.6 Å². The smallest absolute Gasteiger partial charge is 0.307 e. The van der Waals surface area contributed by atoms with Gasteiger partial charge in [0.15, 0.2) is 0 Å². The number of unbranched alkanes of at least 4 members (excludes halogenated alkanes) is 2. The monoisotopic (exact) mass is 362 g/mol. The van der Waals surface area contributed by atoms with Gasteiger partial charge in [-0.15, -0.1) is 0 Å². The van der Waals surface area contributed by atoms with E-state index in [1.165, 1.54) is 0 Å². The molecule has 26 heavy (non-hydrogen) atoms. The van der Waals surface area contributed by atoms with E-state index in [0.29, 0.717) is 38.5 Å². The van der Waals surface area contributed by atoms with Crippen molar-refractivity contribution in [3.63, 3.8) is 0 Å². The first kappa shape index (κ1) is 22.4. The Morgan fingerprint density at radius 1 is 1.35 bits per heavy atom. The second-order valence-corrected chi connectivity index (χ2v) is 7.25. The quantitative estimate of drug-likeness (QED) is 0.363. The minimum Gasteiger partial charge on any atom is -0.481 e. The molecule has 0 spiro atoms. The average molecular weight is 363 g/mol. The summed E-state index contributed by atoms with van der Waals surface area (Å²) >= 11 is 0. The minimum atomic E-state index is -0.944. The first-order chi connectivity index (χ1) is 12.4. The summed E-state index contributed by atoms with van der Waals surface area (Å²) in [6.07, 6.45) is 17.0. The fourth-order valence-electron chi connectivity index (χ4n) is 3.52. The maximum Gasteiger partial charge on any atom is 0.307 e. The van der Waals surface area contributed by atoms with E-state index in [1.807, 2.05) is 18.2 Å². The number of carbonyl (C=O) groups excluding carboxylic acids is 1. The number of carboxylic acids is 1. The number of Topliss-reactive ketones (excluding diaryl/α,β-unsaturated/α-hetero) is 1. The number of aliphatic carboxylic acids is 1. The molecule has 2 N–H and O–H groups in total.